The summed E-state index contributed by atoms with van der Waals surface area (Å²) < 4.78 is 72.9. The zero-order valence-electron chi connectivity index (χ0n) is 18.2. The minimum atomic E-state index is -4.31. The lowest BCUT2D eigenvalue weighted by Gasteiger charge is -2.28. The van der Waals surface area contributed by atoms with Crippen molar-refractivity contribution in [2.75, 3.05) is 63.8 Å². The number of nitrogens with one attached hydrogen (secondary N) is 4. The van der Waals surface area contributed by atoms with E-state index in [1.165, 1.54) is 6.07 Å². The molecule has 3 saturated heterocycles. The van der Waals surface area contributed by atoms with Crippen LogP contribution in [0.15, 0.2) is 18.3 Å². The predicted molar refractivity (Wildman–Crippen MR) is 116 cm³/mol. The van der Waals surface area contributed by atoms with E-state index in [-0.39, 0.29) is 18.5 Å². The van der Waals surface area contributed by atoms with Gasteiger partial charge in [-0.25, -0.2) is 4.98 Å². The van der Waals surface area contributed by atoms with Crippen LogP contribution in [0.4, 0.5) is 32.2 Å². The maximum Gasteiger partial charge on any atom is 0.417 e. The molecule has 0 aromatic carbocycles. The van der Waals surface area contributed by atoms with Crippen LogP contribution in [0.25, 0.3) is 0 Å². The lowest BCUT2D eigenvalue weighted by atomic mass is 9.99. The number of anilines is 1. The van der Waals surface area contributed by atoms with Gasteiger partial charge in [-0.15, -0.1) is 11.6 Å². The maximum absolute atomic E-state index is 12.3. The third-order valence-corrected chi connectivity index (χ3v) is 5.66. The van der Waals surface area contributed by atoms with Gasteiger partial charge in [0.2, 0.25) is 0 Å². The minimum absolute atomic E-state index is 0.0440. The molecule has 2 unspecified atom stereocenters. The highest BCUT2D eigenvalue weighted by Gasteiger charge is 2.41. The lowest BCUT2D eigenvalue weighted by Crippen LogP contribution is -2.43. The molecule has 190 valence electrons. The summed E-state index contributed by atoms with van der Waals surface area (Å²) >= 11 is 5.55. The topological polar surface area (TPSA) is 64.2 Å². The van der Waals surface area contributed by atoms with Gasteiger partial charge in [-0.2, -0.15) is 26.3 Å². The standard InChI is InChI=1S/C10H12F3N3.C6H9ClF3N.C4H10N2/c11-10(12,13)8-1-2-9(15-7-8)16-5-3-14-4-6-16;7-5-2-1-4(3-11-5)6(8,9)10;1-2-6-4-3-5-1/h1-2,7,14H,3-6H2;4-5,11H,1-3H2;5-6H,1-4H2. The van der Waals surface area contributed by atoms with Gasteiger partial charge in [0.05, 0.1) is 17.0 Å². The zero-order chi connectivity index (χ0) is 24.3. The monoisotopic (exact) mass is 504 g/mol. The fraction of sp³-hybridized carbons (Fsp3) is 0.750. The predicted octanol–water partition coefficient (Wildman–Crippen LogP) is 2.80. The summed E-state index contributed by atoms with van der Waals surface area (Å²) in [6, 6.07) is 2.50. The van der Waals surface area contributed by atoms with Crippen molar-refractivity contribution in [1.82, 2.24) is 26.3 Å². The van der Waals surface area contributed by atoms with E-state index in [0.717, 1.165) is 64.6 Å². The van der Waals surface area contributed by atoms with E-state index >= 15 is 0 Å². The van der Waals surface area contributed by atoms with Crippen LogP contribution in [0.3, 0.4) is 0 Å². The Balaban J connectivity index is 0.000000195. The Labute approximate surface area is 194 Å². The second-order valence-corrected chi connectivity index (χ2v) is 8.36. The van der Waals surface area contributed by atoms with E-state index in [1.807, 2.05) is 4.90 Å². The van der Waals surface area contributed by atoms with Gasteiger partial charge in [-0.3, -0.25) is 0 Å². The highest BCUT2D eigenvalue weighted by atomic mass is 35.5. The fourth-order valence-corrected chi connectivity index (χ4v) is 3.55. The summed E-state index contributed by atoms with van der Waals surface area (Å²) in [7, 11) is 0. The Morgan fingerprint density at radius 1 is 0.848 bits per heavy atom. The number of piperidine rings is 1. The van der Waals surface area contributed by atoms with Crippen LogP contribution in [0.1, 0.15) is 18.4 Å². The second-order valence-electron chi connectivity index (χ2n) is 7.83. The molecular weight excluding hydrogens is 474 g/mol. The molecule has 0 aliphatic carbocycles. The molecule has 1 aromatic rings. The highest BCUT2D eigenvalue weighted by Crippen LogP contribution is 2.32. The molecule has 0 bridgehead atoms. The maximum atomic E-state index is 12.3. The van der Waals surface area contributed by atoms with Gasteiger partial charge >= 0.3 is 12.4 Å². The van der Waals surface area contributed by atoms with E-state index in [0.29, 0.717) is 12.2 Å². The Hall–Kier alpha value is -1.34. The first kappa shape index (κ1) is 27.9. The van der Waals surface area contributed by atoms with Crippen LogP contribution in [0, 0.1) is 5.92 Å². The molecule has 3 aliphatic heterocycles. The molecule has 0 spiro atoms. The molecule has 13 heteroatoms. The number of rotatable bonds is 1. The number of hydrogen-bond donors (Lipinski definition) is 4. The van der Waals surface area contributed by atoms with Crippen molar-refractivity contribution in [3.05, 3.63) is 23.9 Å². The van der Waals surface area contributed by atoms with Crippen molar-refractivity contribution in [2.45, 2.75) is 30.7 Å². The molecule has 6 nitrogen and oxygen atoms in total. The smallest absolute Gasteiger partial charge is 0.354 e. The van der Waals surface area contributed by atoms with Crippen molar-refractivity contribution in [3.63, 3.8) is 0 Å². The minimum Gasteiger partial charge on any atom is -0.354 e. The Morgan fingerprint density at radius 2 is 1.42 bits per heavy atom. The molecule has 2 atom stereocenters. The van der Waals surface area contributed by atoms with E-state index in [4.69, 9.17) is 11.6 Å². The van der Waals surface area contributed by atoms with Crippen molar-refractivity contribution in [1.29, 1.82) is 0 Å². The molecule has 0 amide bonds. The normalized spacial score (nSPS) is 24.2. The largest absolute Gasteiger partial charge is 0.417 e. The van der Waals surface area contributed by atoms with Gasteiger partial charge in [-0.05, 0) is 25.0 Å². The van der Waals surface area contributed by atoms with Crippen LogP contribution in [-0.2, 0) is 6.18 Å². The molecular formula is C20H31ClF6N6. The van der Waals surface area contributed by atoms with Crippen LogP contribution in [-0.4, -0.2) is 75.6 Å². The van der Waals surface area contributed by atoms with Crippen molar-refractivity contribution in [2.24, 2.45) is 5.92 Å². The SMILES string of the molecule is C1CNCCN1.FC(F)(F)C1CCC(Cl)NC1.FC(F)(F)c1ccc(N2CCNCC2)nc1. The Morgan fingerprint density at radius 3 is 1.82 bits per heavy atom. The first-order chi connectivity index (χ1) is 15.6. The van der Waals surface area contributed by atoms with Crippen LogP contribution in [0.2, 0.25) is 0 Å². The molecule has 3 fully saturated rings. The van der Waals surface area contributed by atoms with Gasteiger partial charge in [0.1, 0.15) is 5.82 Å². The molecule has 0 radical (unpaired) electrons. The van der Waals surface area contributed by atoms with Gasteiger partial charge in [-0.1, -0.05) is 0 Å². The fourth-order valence-electron chi connectivity index (χ4n) is 3.34. The van der Waals surface area contributed by atoms with Crippen LogP contribution < -0.4 is 26.2 Å². The van der Waals surface area contributed by atoms with Gasteiger partial charge in [0, 0.05) is 65.1 Å². The van der Waals surface area contributed by atoms with Gasteiger partial charge in [0.25, 0.3) is 0 Å². The summed E-state index contributed by atoms with van der Waals surface area (Å²) in [5.74, 6) is -0.605. The Bertz CT molecular complexity index is 643. The average molecular weight is 505 g/mol. The summed E-state index contributed by atoms with van der Waals surface area (Å²) in [5.41, 5.74) is -0.986. The summed E-state index contributed by atoms with van der Waals surface area (Å²) in [5, 5.41) is 12.2. The molecule has 3 aliphatic rings. The molecule has 0 saturated carbocycles. The number of nitrogens with zero attached hydrogens (tertiary/aromatic N) is 2. The quantitative estimate of drug-likeness (QED) is 0.268. The zero-order valence-corrected chi connectivity index (χ0v) is 19.0. The molecule has 1 aromatic heterocycles. The van der Waals surface area contributed by atoms with Gasteiger partial charge < -0.3 is 26.2 Å². The lowest BCUT2D eigenvalue weighted by molar-refractivity contribution is -0.178. The summed E-state index contributed by atoms with van der Waals surface area (Å²) in [6.07, 6.45) is -6.95. The highest BCUT2D eigenvalue weighted by molar-refractivity contribution is 6.20. The number of hydrogen-bond acceptors (Lipinski definition) is 6. The average Bonchev–Trinajstić information content (AvgIpc) is 2.81. The number of piperazine rings is 2. The molecule has 4 rings (SSSR count). The first-order valence-electron chi connectivity index (χ1n) is 10.9. The number of alkyl halides is 7. The molecule has 33 heavy (non-hydrogen) atoms. The van der Waals surface area contributed by atoms with Crippen molar-refractivity contribution in [3.8, 4) is 0 Å². The summed E-state index contributed by atoms with van der Waals surface area (Å²) in [4.78, 5) is 5.82. The number of pyridine rings is 1. The third kappa shape index (κ3) is 10.6. The summed E-state index contributed by atoms with van der Waals surface area (Å²) in [6.45, 7) is 7.74. The van der Waals surface area contributed by atoms with Crippen molar-refractivity contribution >= 4 is 17.4 Å². The number of halogens is 7. The third-order valence-electron chi connectivity index (χ3n) is 5.29. The first-order valence-corrected chi connectivity index (χ1v) is 11.4. The van der Waals surface area contributed by atoms with Crippen molar-refractivity contribution < 1.29 is 26.3 Å². The second kappa shape index (κ2) is 13.5. The van der Waals surface area contributed by atoms with Gasteiger partial charge in [0.15, 0.2) is 0 Å². The molecule has 4 heterocycles. The van der Waals surface area contributed by atoms with E-state index in [9.17, 15) is 26.3 Å². The van der Waals surface area contributed by atoms with Crippen LogP contribution in [0.5, 0.6) is 0 Å². The Kier molecular flexibility index (Phi) is 11.4. The van der Waals surface area contributed by atoms with E-state index < -0.39 is 23.8 Å². The van der Waals surface area contributed by atoms with E-state index in [1.54, 1.807) is 0 Å². The van der Waals surface area contributed by atoms with E-state index in [2.05, 4.69) is 26.3 Å². The van der Waals surface area contributed by atoms with Crippen LogP contribution >= 0.6 is 11.6 Å². The molecule has 4 N–H and O–H groups in total. The number of aromatic nitrogens is 1.